The summed E-state index contributed by atoms with van der Waals surface area (Å²) in [6.45, 7) is 6.08. The zero-order valence-corrected chi connectivity index (χ0v) is 9.02. The molecule has 0 spiro atoms. The van der Waals surface area contributed by atoms with E-state index in [1.807, 2.05) is 0 Å². The minimum absolute atomic E-state index is 0.0439. The van der Waals surface area contributed by atoms with Crippen LogP contribution in [0, 0.1) is 0 Å². The normalized spacial score (nSPS) is 17.8. The molecule has 0 saturated carbocycles. The molecule has 1 heterocycles. The predicted octanol–water partition coefficient (Wildman–Crippen LogP) is 2.47. The lowest BCUT2D eigenvalue weighted by atomic mass is 10.1. The van der Waals surface area contributed by atoms with E-state index in [0.717, 1.165) is 5.56 Å². The van der Waals surface area contributed by atoms with Crippen molar-refractivity contribution in [3.05, 3.63) is 42.5 Å². The van der Waals surface area contributed by atoms with E-state index >= 15 is 0 Å². The van der Waals surface area contributed by atoms with Crippen LogP contribution in [0.5, 0.6) is 0 Å². The maximum absolute atomic E-state index is 5.87. The van der Waals surface area contributed by atoms with Crippen LogP contribution >= 0.6 is 0 Å². The van der Waals surface area contributed by atoms with Gasteiger partial charge in [0, 0.05) is 24.8 Å². The molecule has 80 valence electrons. The molecule has 1 fully saturated rings. The Labute approximate surface area is 91.4 Å². The summed E-state index contributed by atoms with van der Waals surface area (Å²) in [5, 5.41) is 0. The highest BCUT2D eigenvalue weighted by molar-refractivity contribution is 5.48. The quantitative estimate of drug-likeness (QED) is 0.763. The second-order valence-corrected chi connectivity index (χ2v) is 4.05. The van der Waals surface area contributed by atoms with Gasteiger partial charge in [0.2, 0.25) is 0 Å². The van der Waals surface area contributed by atoms with E-state index in [4.69, 9.17) is 5.73 Å². The summed E-state index contributed by atoms with van der Waals surface area (Å²) < 4.78 is 0. The van der Waals surface area contributed by atoms with E-state index < -0.39 is 0 Å². The Kier molecular flexibility index (Phi) is 3.07. The number of rotatable bonds is 3. The molecule has 1 saturated heterocycles. The first-order valence-corrected chi connectivity index (χ1v) is 5.54. The Balaban J connectivity index is 2.12. The molecule has 2 rings (SSSR count). The van der Waals surface area contributed by atoms with E-state index in [2.05, 4.69) is 35.7 Å². The van der Waals surface area contributed by atoms with Crippen LogP contribution in [0.1, 0.15) is 24.4 Å². The van der Waals surface area contributed by atoms with Gasteiger partial charge in [0.15, 0.2) is 0 Å². The van der Waals surface area contributed by atoms with Crippen LogP contribution in [-0.4, -0.2) is 13.1 Å². The topological polar surface area (TPSA) is 29.3 Å². The van der Waals surface area contributed by atoms with E-state index in [1.54, 1.807) is 6.08 Å². The van der Waals surface area contributed by atoms with Crippen molar-refractivity contribution in [3.8, 4) is 0 Å². The Morgan fingerprint density at radius 3 is 2.33 bits per heavy atom. The minimum Gasteiger partial charge on any atom is -0.372 e. The van der Waals surface area contributed by atoms with Crippen molar-refractivity contribution in [2.45, 2.75) is 18.9 Å². The van der Waals surface area contributed by atoms with Gasteiger partial charge in [-0.1, -0.05) is 18.2 Å². The smallest absolute Gasteiger partial charge is 0.0478 e. The molecular formula is C13H18N2. The summed E-state index contributed by atoms with van der Waals surface area (Å²) in [4.78, 5) is 2.42. The van der Waals surface area contributed by atoms with Crippen LogP contribution in [0.4, 0.5) is 5.69 Å². The standard InChI is InChI=1S/C13H18N2/c1-2-13(14)11-5-7-12(8-6-11)15-9-3-4-10-15/h2,5-8,13H,1,3-4,9-10,14H2. The molecule has 2 heteroatoms. The number of benzene rings is 1. The third-order valence-corrected chi connectivity index (χ3v) is 3.00. The van der Waals surface area contributed by atoms with E-state index in [0.29, 0.717) is 0 Å². The third kappa shape index (κ3) is 2.21. The summed E-state index contributed by atoms with van der Waals surface area (Å²) in [6, 6.07) is 8.46. The summed E-state index contributed by atoms with van der Waals surface area (Å²) in [5.74, 6) is 0. The van der Waals surface area contributed by atoms with Crippen molar-refractivity contribution >= 4 is 5.69 Å². The molecule has 1 aliphatic heterocycles. The van der Waals surface area contributed by atoms with E-state index in [9.17, 15) is 0 Å². The van der Waals surface area contributed by atoms with Crippen molar-refractivity contribution in [2.75, 3.05) is 18.0 Å². The number of hydrogen-bond donors (Lipinski definition) is 1. The summed E-state index contributed by atoms with van der Waals surface area (Å²) in [7, 11) is 0. The summed E-state index contributed by atoms with van der Waals surface area (Å²) in [5.41, 5.74) is 8.31. The van der Waals surface area contributed by atoms with Crippen LogP contribution in [0.25, 0.3) is 0 Å². The lowest BCUT2D eigenvalue weighted by molar-refractivity contribution is 0.910. The Bertz CT molecular complexity index is 323. The first kappa shape index (κ1) is 10.2. The monoisotopic (exact) mass is 202 g/mol. The highest BCUT2D eigenvalue weighted by Crippen LogP contribution is 2.22. The second kappa shape index (κ2) is 4.49. The van der Waals surface area contributed by atoms with Gasteiger partial charge in [0.05, 0.1) is 0 Å². The summed E-state index contributed by atoms with van der Waals surface area (Å²) in [6.07, 6.45) is 4.40. The highest BCUT2D eigenvalue weighted by Gasteiger charge is 2.12. The Morgan fingerprint density at radius 2 is 1.80 bits per heavy atom. The lowest BCUT2D eigenvalue weighted by Crippen LogP contribution is -2.17. The van der Waals surface area contributed by atoms with E-state index in [-0.39, 0.29) is 6.04 Å². The second-order valence-electron chi connectivity index (χ2n) is 4.05. The molecule has 0 amide bonds. The van der Waals surface area contributed by atoms with Crippen LogP contribution in [0.3, 0.4) is 0 Å². The van der Waals surface area contributed by atoms with Gasteiger partial charge in [-0.3, -0.25) is 0 Å². The molecule has 0 aromatic heterocycles. The van der Waals surface area contributed by atoms with Crippen molar-refractivity contribution < 1.29 is 0 Å². The van der Waals surface area contributed by atoms with Gasteiger partial charge in [-0.25, -0.2) is 0 Å². The van der Waals surface area contributed by atoms with Crippen molar-refractivity contribution in [1.82, 2.24) is 0 Å². The molecule has 15 heavy (non-hydrogen) atoms. The molecule has 2 nitrogen and oxygen atoms in total. The lowest BCUT2D eigenvalue weighted by Gasteiger charge is -2.18. The molecule has 1 atom stereocenters. The Morgan fingerprint density at radius 1 is 1.20 bits per heavy atom. The molecule has 1 aromatic carbocycles. The van der Waals surface area contributed by atoms with Crippen molar-refractivity contribution in [1.29, 1.82) is 0 Å². The third-order valence-electron chi connectivity index (χ3n) is 3.00. The maximum atomic E-state index is 5.87. The van der Waals surface area contributed by atoms with Crippen LogP contribution in [-0.2, 0) is 0 Å². The molecule has 0 aliphatic carbocycles. The van der Waals surface area contributed by atoms with Gasteiger partial charge in [-0.15, -0.1) is 6.58 Å². The Hall–Kier alpha value is -1.28. The van der Waals surface area contributed by atoms with Crippen LogP contribution < -0.4 is 10.6 Å². The van der Waals surface area contributed by atoms with Gasteiger partial charge in [0.25, 0.3) is 0 Å². The van der Waals surface area contributed by atoms with Crippen molar-refractivity contribution in [3.63, 3.8) is 0 Å². The van der Waals surface area contributed by atoms with Gasteiger partial charge in [-0.05, 0) is 30.5 Å². The minimum atomic E-state index is -0.0439. The van der Waals surface area contributed by atoms with Crippen molar-refractivity contribution in [2.24, 2.45) is 5.73 Å². The fourth-order valence-corrected chi connectivity index (χ4v) is 2.02. The van der Waals surface area contributed by atoms with Gasteiger partial charge >= 0.3 is 0 Å². The summed E-state index contributed by atoms with van der Waals surface area (Å²) >= 11 is 0. The van der Waals surface area contributed by atoms with Gasteiger partial charge in [-0.2, -0.15) is 0 Å². The van der Waals surface area contributed by atoms with Crippen LogP contribution in [0.2, 0.25) is 0 Å². The number of nitrogens with zero attached hydrogens (tertiary/aromatic N) is 1. The predicted molar refractivity (Wildman–Crippen MR) is 65.0 cm³/mol. The average molecular weight is 202 g/mol. The maximum Gasteiger partial charge on any atom is 0.0478 e. The number of anilines is 1. The molecule has 1 unspecified atom stereocenters. The molecule has 2 N–H and O–H groups in total. The SMILES string of the molecule is C=CC(N)c1ccc(N2CCCC2)cc1. The fourth-order valence-electron chi connectivity index (χ4n) is 2.02. The molecule has 1 aromatic rings. The van der Waals surface area contributed by atoms with Gasteiger partial charge < -0.3 is 10.6 Å². The van der Waals surface area contributed by atoms with Gasteiger partial charge in [0.1, 0.15) is 0 Å². The zero-order chi connectivity index (χ0) is 10.7. The zero-order valence-electron chi connectivity index (χ0n) is 9.02. The first-order chi connectivity index (χ1) is 7.31. The molecule has 0 radical (unpaired) electrons. The highest BCUT2D eigenvalue weighted by atomic mass is 15.1. The fraction of sp³-hybridized carbons (Fsp3) is 0.385. The van der Waals surface area contributed by atoms with E-state index in [1.165, 1.54) is 31.6 Å². The number of hydrogen-bond acceptors (Lipinski definition) is 2. The van der Waals surface area contributed by atoms with Crippen LogP contribution in [0.15, 0.2) is 36.9 Å². The largest absolute Gasteiger partial charge is 0.372 e. The molecule has 1 aliphatic rings. The number of nitrogens with two attached hydrogens (primary N) is 1. The first-order valence-electron chi connectivity index (χ1n) is 5.54. The average Bonchev–Trinajstić information content (AvgIpc) is 2.82. The molecular weight excluding hydrogens is 184 g/mol. The molecule has 0 bridgehead atoms.